The van der Waals surface area contributed by atoms with Gasteiger partial charge in [-0.1, -0.05) is 38.1 Å². The highest BCUT2D eigenvalue weighted by Gasteiger charge is 2.35. The second-order valence-corrected chi connectivity index (χ2v) is 11.7. The summed E-state index contributed by atoms with van der Waals surface area (Å²) < 4.78 is 64.9. The van der Waals surface area contributed by atoms with E-state index in [0.717, 1.165) is 24.6 Å². The van der Waals surface area contributed by atoms with Crippen molar-refractivity contribution in [3.63, 3.8) is 0 Å². The summed E-state index contributed by atoms with van der Waals surface area (Å²) in [5.74, 6) is -1.86. The van der Waals surface area contributed by atoms with Crippen molar-refractivity contribution in [1.29, 1.82) is 0 Å². The number of sulfone groups is 1. The quantitative estimate of drug-likeness (QED) is 0.452. The second-order valence-electron chi connectivity index (χ2n) is 9.62. The molecule has 7 nitrogen and oxygen atoms in total. The van der Waals surface area contributed by atoms with Crippen molar-refractivity contribution in [3.05, 3.63) is 65.7 Å². The standard InChI is InChI=1S/C26H32F3N3O4S/c1-17(2)31-21-11-12-23(19(14-21)16-37(35,36)22-9-4-3-5-10-22)32-24(33)15-30-25(34)18-7-6-8-20(13-18)26(27,28)29/h3-10,13,17,19,21,23,31H,11-12,14-16H2,1-2H3,(H,30,34)(H,32,33)/t19-,21+,23-/m0/s1. The van der Waals surface area contributed by atoms with Crippen molar-refractivity contribution in [2.45, 2.75) is 62.3 Å². The summed E-state index contributed by atoms with van der Waals surface area (Å²) in [6, 6.07) is 12.0. The van der Waals surface area contributed by atoms with Crippen molar-refractivity contribution in [1.82, 2.24) is 16.0 Å². The van der Waals surface area contributed by atoms with Crippen molar-refractivity contribution in [2.24, 2.45) is 5.92 Å². The number of benzene rings is 2. The smallest absolute Gasteiger partial charge is 0.352 e. The Morgan fingerprint density at radius 3 is 2.38 bits per heavy atom. The van der Waals surface area contributed by atoms with Gasteiger partial charge in [0.15, 0.2) is 9.84 Å². The third-order valence-corrected chi connectivity index (χ3v) is 8.15. The number of alkyl halides is 3. The largest absolute Gasteiger partial charge is 0.416 e. The van der Waals surface area contributed by atoms with Gasteiger partial charge in [0.25, 0.3) is 5.91 Å². The predicted octanol–water partition coefficient (Wildman–Crippen LogP) is 3.56. The molecule has 1 saturated carbocycles. The number of carbonyl (C=O) groups excluding carboxylic acids is 2. The molecule has 11 heteroatoms. The van der Waals surface area contributed by atoms with Gasteiger partial charge < -0.3 is 16.0 Å². The van der Waals surface area contributed by atoms with E-state index in [4.69, 9.17) is 0 Å². The fourth-order valence-electron chi connectivity index (χ4n) is 4.62. The van der Waals surface area contributed by atoms with Crippen LogP contribution in [0.2, 0.25) is 0 Å². The van der Waals surface area contributed by atoms with E-state index in [1.165, 1.54) is 6.07 Å². The van der Waals surface area contributed by atoms with Crippen molar-refractivity contribution in [2.75, 3.05) is 12.3 Å². The van der Waals surface area contributed by atoms with Crippen LogP contribution in [0.3, 0.4) is 0 Å². The van der Waals surface area contributed by atoms with Gasteiger partial charge >= 0.3 is 6.18 Å². The molecule has 0 saturated heterocycles. The Labute approximate surface area is 215 Å². The van der Waals surface area contributed by atoms with Crippen LogP contribution in [0.1, 0.15) is 49.0 Å². The Hall–Kier alpha value is -2.92. The number of carbonyl (C=O) groups is 2. The zero-order valence-electron chi connectivity index (χ0n) is 20.7. The van der Waals surface area contributed by atoms with Gasteiger partial charge in [-0.3, -0.25) is 9.59 Å². The Balaban J connectivity index is 1.65. The normalized spacial score (nSPS) is 20.4. The molecular formula is C26H32F3N3O4S. The molecular weight excluding hydrogens is 507 g/mol. The number of hydrogen-bond acceptors (Lipinski definition) is 5. The van der Waals surface area contributed by atoms with Crippen molar-refractivity contribution >= 4 is 21.7 Å². The molecule has 0 heterocycles. The van der Waals surface area contributed by atoms with Gasteiger partial charge in [0, 0.05) is 23.7 Å². The molecule has 3 N–H and O–H groups in total. The first-order chi connectivity index (χ1) is 17.3. The van der Waals surface area contributed by atoms with E-state index in [9.17, 15) is 31.2 Å². The molecule has 0 spiro atoms. The average Bonchev–Trinajstić information content (AvgIpc) is 2.83. The summed E-state index contributed by atoms with van der Waals surface area (Å²) in [5.41, 5.74) is -1.17. The SMILES string of the molecule is CC(C)N[C@@H]1CC[C@H](NC(=O)CNC(=O)c2cccc(C(F)(F)F)c2)[C@H](CS(=O)(=O)c2ccccc2)C1. The molecule has 37 heavy (non-hydrogen) atoms. The lowest BCUT2D eigenvalue weighted by Gasteiger charge is -2.37. The lowest BCUT2D eigenvalue weighted by atomic mass is 9.82. The van der Waals surface area contributed by atoms with Crippen LogP contribution in [-0.2, 0) is 20.8 Å². The molecule has 2 amide bonds. The fraction of sp³-hybridized carbons (Fsp3) is 0.462. The molecule has 0 unspecified atom stereocenters. The van der Waals surface area contributed by atoms with Crippen molar-refractivity contribution < 1.29 is 31.2 Å². The molecule has 3 rings (SSSR count). The Bertz CT molecular complexity index is 1190. The first-order valence-electron chi connectivity index (χ1n) is 12.1. The van der Waals surface area contributed by atoms with Gasteiger partial charge in [0.1, 0.15) is 0 Å². The van der Waals surface area contributed by atoms with Gasteiger partial charge in [-0.25, -0.2) is 8.42 Å². The lowest BCUT2D eigenvalue weighted by Crippen LogP contribution is -2.52. The Kier molecular flexibility index (Phi) is 9.36. The first-order valence-corrected chi connectivity index (χ1v) is 13.8. The maximum Gasteiger partial charge on any atom is 0.416 e. The second kappa shape index (κ2) is 12.1. The van der Waals surface area contributed by atoms with Gasteiger partial charge in [-0.2, -0.15) is 13.2 Å². The van der Waals surface area contributed by atoms with Crippen LogP contribution in [0.4, 0.5) is 13.2 Å². The molecule has 1 fully saturated rings. The topological polar surface area (TPSA) is 104 Å². The van der Waals surface area contributed by atoms with Gasteiger partial charge in [-0.15, -0.1) is 0 Å². The summed E-state index contributed by atoms with van der Waals surface area (Å²) in [6.07, 6.45) is -2.76. The van der Waals surface area contributed by atoms with Crippen LogP contribution >= 0.6 is 0 Å². The number of halogens is 3. The van der Waals surface area contributed by atoms with E-state index in [2.05, 4.69) is 16.0 Å². The summed E-state index contributed by atoms with van der Waals surface area (Å²) in [5, 5.41) is 8.62. The van der Waals surface area contributed by atoms with E-state index in [1.807, 2.05) is 13.8 Å². The van der Waals surface area contributed by atoms with Crippen LogP contribution < -0.4 is 16.0 Å². The zero-order chi connectivity index (χ0) is 27.2. The molecule has 2 aromatic rings. The van der Waals surface area contributed by atoms with E-state index in [1.54, 1.807) is 30.3 Å². The van der Waals surface area contributed by atoms with Crippen LogP contribution in [-0.4, -0.2) is 50.7 Å². The minimum atomic E-state index is -4.59. The number of amides is 2. The van der Waals surface area contributed by atoms with Crippen molar-refractivity contribution in [3.8, 4) is 0 Å². The molecule has 0 radical (unpaired) electrons. The van der Waals surface area contributed by atoms with E-state index in [-0.39, 0.29) is 34.2 Å². The Morgan fingerprint density at radius 1 is 1.03 bits per heavy atom. The third-order valence-electron chi connectivity index (χ3n) is 6.30. The number of nitrogens with one attached hydrogen (secondary N) is 3. The fourth-order valence-corrected chi connectivity index (χ4v) is 6.32. The maximum absolute atomic E-state index is 13.1. The van der Waals surface area contributed by atoms with Crippen LogP contribution in [0.5, 0.6) is 0 Å². The highest BCUT2D eigenvalue weighted by molar-refractivity contribution is 7.91. The van der Waals surface area contributed by atoms with E-state index >= 15 is 0 Å². The molecule has 0 aromatic heterocycles. The Morgan fingerprint density at radius 2 is 1.73 bits per heavy atom. The minimum absolute atomic E-state index is 0.102. The average molecular weight is 540 g/mol. The molecule has 2 aromatic carbocycles. The molecule has 1 aliphatic rings. The van der Waals surface area contributed by atoms with E-state index < -0.39 is 46.0 Å². The predicted molar refractivity (Wildman–Crippen MR) is 134 cm³/mol. The zero-order valence-corrected chi connectivity index (χ0v) is 21.5. The summed E-state index contributed by atoms with van der Waals surface area (Å²) in [4.78, 5) is 25.2. The van der Waals surface area contributed by atoms with Gasteiger partial charge in [0.2, 0.25) is 5.91 Å². The molecule has 1 aliphatic carbocycles. The number of hydrogen-bond donors (Lipinski definition) is 3. The van der Waals surface area contributed by atoms with Gasteiger partial charge in [-0.05, 0) is 55.5 Å². The van der Waals surface area contributed by atoms with Crippen LogP contribution in [0.25, 0.3) is 0 Å². The summed E-state index contributed by atoms with van der Waals surface area (Å²) in [6.45, 7) is 3.57. The van der Waals surface area contributed by atoms with Crippen LogP contribution in [0.15, 0.2) is 59.5 Å². The first kappa shape index (κ1) is 28.6. The third kappa shape index (κ3) is 8.29. The number of rotatable bonds is 9. The van der Waals surface area contributed by atoms with Gasteiger partial charge in [0.05, 0.1) is 22.8 Å². The highest BCUT2D eigenvalue weighted by Crippen LogP contribution is 2.30. The minimum Gasteiger partial charge on any atom is -0.352 e. The highest BCUT2D eigenvalue weighted by atomic mass is 32.2. The molecule has 0 aliphatic heterocycles. The molecule has 0 bridgehead atoms. The summed E-state index contributed by atoms with van der Waals surface area (Å²) in [7, 11) is -3.60. The molecule has 3 atom stereocenters. The maximum atomic E-state index is 13.1. The summed E-state index contributed by atoms with van der Waals surface area (Å²) >= 11 is 0. The molecule has 202 valence electrons. The lowest BCUT2D eigenvalue weighted by molar-refractivity contribution is -0.137. The van der Waals surface area contributed by atoms with Crippen LogP contribution in [0, 0.1) is 5.92 Å². The van der Waals surface area contributed by atoms with E-state index in [0.29, 0.717) is 12.8 Å². The monoisotopic (exact) mass is 539 g/mol.